The Balaban J connectivity index is 2.98. The van der Waals surface area contributed by atoms with E-state index in [9.17, 15) is 5.11 Å². The van der Waals surface area contributed by atoms with Gasteiger partial charge in [-0.3, -0.25) is 0 Å². The van der Waals surface area contributed by atoms with Gasteiger partial charge in [0, 0.05) is 29.3 Å². The molecule has 4 heteroatoms. The molecule has 86 valence electrons. The van der Waals surface area contributed by atoms with Crippen LogP contribution in [-0.4, -0.2) is 18.7 Å². The van der Waals surface area contributed by atoms with Crippen molar-refractivity contribution < 1.29 is 5.11 Å². The molecule has 1 atom stereocenters. The highest BCUT2D eigenvalue weighted by Gasteiger charge is 2.11. The Labute approximate surface area is 104 Å². The maximum atomic E-state index is 9.69. The maximum Gasteiger partial charge on any atom is 0.0782 e. The molecule has 1 unspecified atom stereocenters. The number of anilines is 1. The van der Waals surface area contributed by atoms with Crippen molar-refractivity contribution in [2.75, 3.05) is 18.5 Å². The third-order valence-corrected chi connectivity index (χ3v) is 2.90. The molecule has 1 N–H and O–H groups in total. The van der Waals surface area contributed by atoms with Crippen LogP contribution in [0.2, 0.25) is 0 Å². The number of aliphatic hydroxyl groups is 1. The fraction of sp³-hybridized carbons (Fsp3) is 0.417. The molecule has 0 spiro atoms. The van der Waals surface area contributed by atoms with E-state index in [4.69, 9.17) is 5.26 Å². The van der Waals surface area contributed by atoms with Gasteiger partial charge in [0.05, 0.1) is 18.6 Å². The first-order valence-electron chi connectivity index (χ1n) is 5.12. The average Bonchev–Trinajstić information content (AvgIpc) is 2.25. The lowest BCUT2D eigenvalue weighted by atomic mass is 10.1. The standard InChI is InChI=1S/C12H15BrN2O/c1-9(16)11-8-10(13)4-5-12(11)15(2)7-3-6-14/h4-5,8-9,16H,3,7H2,1-2H3. The summed E-state index contributed by atoms with van der Waals surface area (Å²) in [5.74, 6) is 0. The lowest BCUT2D eigenvalue weighted by molar-refractivity contribution is 0.199. The normalized spacial score (nSPS) is 11.9. The second-order valence-corrected chi connectivity index (χ2v) is 4.62. The predicted octanol–water partition coefficient (Wildman–Crippen LogP) is 2.85. The van der Waals surface area contributed by atoms with Crippen LogP contribution in [0.25, 0.3) is 0 Å². The molecule has 1 rings (SSSR count). The Bertz CT molecular complexity index is 398. The SMILES string of the molecule is CC(O)c1cc(Br)ccc1N(C)CCC#N. The zero-order chi connectivity index (χ0) is 12.1. The van der Waals surface area contributed by atoms with Crippen LogP contribution < -0.4 is 4.90 Å². The second-order valence-electron chi connectivity index (χ2n) is 3.71. The van der Waals surface area contributed by atoms with Crippen molar-refractivity contribution in [3.63, 3.8) is 0 Å². The van der Waals surface area contributed by atoms with E-state index in [0.717, 1.165) is 15.7 Å². The third kappa shape index (κ3) is 3.22. The molecule has 0 saturated carbocycles. The summed E-state index contributed by atoms with van der Waals surface area (Å²) in [6.45, 7) is 2.40. The van der Waals surface area contributed by atoms with Crippen molar-refractivity contribution in [1.29, 1.82) is 5.26 Å². The molecule has 0 radical (unpaired) electrons. The predicted molar refractivity (Wildman–Crippen MR) is 68.3 cm³/mol. The van der Waals surface area contributed by atoms with Crippen LogP contribution in [0.4, 0.5) is 5.69 Å². The molecule has 0 bridgehead atoms. The van der Waals surface area contributed by atoms with Crippen LogP contribution in [0, 0.1) is 11.3 Å². The van der Waals surface area contributed by atoms with E-state index in [-0.39, 0.29) is 0 Å². The Morgan fingerprint density at radius 1 is 1.56 bits per heavy atom. The molecule has 16 heavy (non-hydrogen) atoms. The zero-order valence-corrected chi connectivity index (χ0v) is 11.0. The first-order valence-corrected chi connectivity index (χ1v) is 5.91. The summed E-state index contributed by atoms with van der Waals surface area (Å²) in [5.41, 5.74) is 1.84. The van der Waals surface area contributed by atoms with Gasteiger partial charge in [-0.25, -0.2) is 0 Å². The van der Waals surface area contributed by atoms with Gasteiger partial charge in [0.1, 0.15) is 0 Å². The number of hydrogen-bond donors (Lipinski definition) is 1. The molecule has 0 amide bonds. The molecule has 0 aliphatic heterocycles. The van der Waals surface area contributed by atoms with E-state index in [1.807, 2.05) is 30.1 Å². The highest BCUT2D eigenvalue weighted by atomic mass is 79.9. The summed E-state index contributed by atoms with van der Waals surface area (Å²) in [7, 11) is 1.92. The van der Waals surface area contributed by atoms with Gasteiger partial charge in [-0.1, -0.05) is 15.9 Å². The quantitative estimate of drug-likeness (QED) is 0.924. The number of nitriles is 1. The third-order valence-electron chi connectivity index (χ3n) is 2.41. The van der Waals surface area contributed by atoms with Crippen LogP contribution in [0.1, 0.15) is 25.0 Å². The average molecular weight is 283 g/mol. The van der Waals surface area contributed by atoms with Gasteiger partial charge in [-0.05, 0) is 25.1 Å². The van der Waals surface area contributed by atoms with Gasteiger partial charge >= 0.3 is 0 Å². The Hall–Kier alpha value is -1.05. The Kier molecular flexibility index (Phi) is 4.78. The van der Waals surface area contributed by atoms with Crippen molar-refractivity contribution in [2.24, 2.45) is 0 Å². The number of rotatable bonds is 4. The van der Waals surface area contributed by atoms with Gasteiger partial charge in [-0.15, -0.1) is 0 Å². The van der Waals surface area contributed by atoms with Crippen molar-refractivity contribution in [3.8, 4) is 6.07 Å². The fourth-order valence-corrected chi connectivity index (χ4v) is 1.92. The molecule has 0 saturated heterocycles. The Morgan fingerprint density at radius 2 is 2.25 bits per heavy atom. The molecule has 3 nitrogen and oxygen atoms in total. The van der Waals surface area contributed by atoms with Crippen molar-refractivity contribution in [2.45, 2.75) is 19.4 Å². The van der Waals surface area contributed by atoms with E-state index in [0.29, 0.717) is 13.0 Å². The number of halogens is 1. The smallest absolute Gasteiger partial charge is 0.0782 e. The van der Waals surface area contributed by atoms with Crippen molar-refractivity contribution in [1.82, 2.24) is 0 Å². The summed E-state index contributed by atoms with van der Waals surface area (Å²) in [4.78, 5) is 1.98. The van der Waals surface area contributed by atoms with Gasteiger partial charge in [0.15, 0.2) is 0 Å². The van der Waals surface area contributed by atoms with Crippen LogP contribution in [0.3, 0.4) is 0 Å². The van der Waals surface area contributed by atoms with E-state index < -0.39 is 6.10 Å². The molecule has 0 heterocycles. The largest absolute Gasteiger partial charge is 0.389 e. The van der Waals surface area contributed by atoms with Gasteiger partial charge in [-0.2, -0.15) is 5.26 Å². The van der Waals surface area contributed by atoms with Crippen LogP contribution in [0.5, 0.6) is 0 Å². The van der Waals surface area contributed by atoms with Gasteiger partial charge < -0.3 is 10.0 Å². The minimum Gasteiger partial charge on any atom is -0.389 e. The van der Waals surface area contributed by atoms with E-state index >= 15 is 0 Å². The molecular weight excluding hydrogens is 268 g/mol. The molecule has 0 aliphatic carbocycles. The topological polar surface area (TPSA) is 47.3 Å². The summed E-state index contributed by atoms with van der Waals surface area (Å²) in [6, 6.07) is 7.90. The minimum atomic E-state index is -0.517. The summed E-state index contributed by atoms with van der Waals surface area (Å²) >= 11 is 3.38. The van der Waals surface area contributed by atoms with Crippen LogP contribution >= 0.6 is 15.9 Å². The molecule has 0 fully saturated rings. The molecule has 1 aromatic carbocycles. The summed E-state index contributed by atoms with van der Waals surface area (Å²) < 4.78 is 0.945. The van der Waals surface area contributed by atoms with E-state index in [1.54, 1.807) is 6.92 Å². The second kappa shape index (κ2) is 5.88. The van der Waals surface area contributed by atoms with Gasteiger partial charge in [0.25, 0.3) is 0 Å². The lowest BCUT2D eigenvalue weighted by Crippen LogP contribution is -2.20. The van der Waals surface area contributed by atoms with Crippen molar-refractivity contribution in [3.05, 3.63) is 28.2 Å². The van der Waals surface area contributed by atoms with Gasteiger partial charge in [0.2, 0.25) is 0 Å². The van der Waals surface area contributed by atoms with Crippen molar-refractivity contribution >= 4 is 21.6 Å². The molecular formula is C12H15BrN2O. The molecule has 0 aliphatic rings. The number of aliphatic hydroxyl groups excluding tert-OH is 1. The zero-order valence-electron chi connectivity index (χ0n) is 9.44. The Morgan fingerprint density at radius 3 is 2.81 bits per heavy atom. The fourth-order valence-electron chi connectivity index (χ4n) is 1.55. The maximum absolute atomic E-state index is 9.69. The molecule has 0 aromatic heterocycles. The summed E-state index contributed by atoms with van der Waals surface area (Å²) in [5, 5.41) is 18.2. The number of hydrogen-bond acceptors (Lipinski definition) is 3. The van der Waals surface area contributed by atoms with E-state index in [1.165, 1.54) is 0 Å². The molecule has 1 aromatic rings. The van der Waals surface area contributed by atoms with Crippen LogP contribution in [0.15, 0.2) is 22.7 Å². The number of nitrogens with zero attached hydrogens (tertiary/aromatic N) is 2. The minimum absolute atomic E-state index is 0.478. The monoisotopic (exact) mass is 282 g/mol. The lowest BCUT2D eigenvalue weighted by Gasteiger charge is -2.22. The number of benzene rings is 1. The highest BCUT2D eigenvalue weighted by Crippen LogP contribution is 2.28. The summed E-state index contributed by atoms with van der Waals surface area (Å²) in [6.07, 6.45) is -0.0386. The first-order chi connectivity index (χ1) is 7.56. The highest BCUT2D eigenvalue weighted by molar-refractivity contribution is 9.10. The van der Waals surface area contributed by atoms with Crippen LogP contribution in [-0.2, 0) is 0 Å². The van der Waals surface area contributed by atoms with E-state index in [2.05, 4.69) is 22.0 Å². The first kappa shape index (κ1) is 13.0.